The number of hydrogen-bond donors (Lipinski definition) is 1. The van der Waals surface area contributed by atoms with Crippen molar-refractivity contribution in [1.29, 1.82) is 0 Å². The van der Waals surface area contributed by atoms with Gasteiger partial charge in [-0.15, -0.1) is 0 Å². The van der Waals surface area contributed by atoms with Crippen molar-refractivity contribution in [3.05, 3.63) is 106 Å². The van der Waals surface area contributed by atoms with Gasteiger partial charge in [-0.05, 0) is 42.7 Å². The van der Waals surface area contributed by atoms with E-state index in [4.69, 9.17) is 11.6 Å². The fraction of sp³-hybridized carbons (Fsp3) is 0.136. The van der Waals surface area contributed by atoms with Gasteiger partial charge in [0.1, 0.15) is 0 Å². The van der Waals surface area contributed by atoms with Crippen molar-refractivity contribution in [2.75, 3.05) is 0 Å². The highest BCUT2D eigenvalue weighted by Crippen LogP contribution is 2.27. The van der Waals surface area contributed by atoms with E-state index in [0.29, 0.717) is 10.6 Å². The van der Waals surface area contributed by atoms with Gasteiger partial charge in [0.05, 0.1) is 16.6 Å². The predicted molar refractivity (Wildman–Crippen MR) is 103 cm³/mol. The van der Waals surface area contributed by atoms with Gasteiger partial charge in [0, 0.05) is 0 Å². The van der Waals surface area contributed by atoms with Crippen LogP contribution in [-0.4, -0.2) is 5.91 Å². The Kier molecular flexibility index (Phi) is 5.20. The van der Waals surface area contributed by atoms with Crippen molar-refractivity contribution in [3.63, 3.8) is 0 Å². The minimum absolute atomic E-state index is 0.180. The second kappa shape index (κ2) is 7.54. The van der Waals surface area contributed by atoms with Crippen LogP contribution in [0.3, 0.4) is 0 Å². The lowest BCUT2D eigenvalue weighted by Gasteiger charge is -2.22. The molecule has 0 spiro atoms. The summed E-state index contributed by atoms with van der Waals surface area (Å²) in [5, 5.41) is 3.60. The quantitative estimate of drug-likeness (QED) is 0.664. The van der Waals surface area contributed by atoms with Crippen LogP contribution < -0.4 is 5.32 Å². The van der Waals surface area contributed by atoms with Gasteiger partial charge in [0.25, 0.3) is 5.91 Å². The zero-order valence-corrected chi connectivity index (χ0v) is 15.0. The second-order valence-corrected chi connectivity index (χ2v) is 6.56. The van der Waals surface area contributed by atoms with E-state index in [1.165, 1.54) is 0 Å². The molecule has 0 aliphatic carbocycles. The third-order valence-corrected chi connectivity index (χ3v) is 4.60. The van der Waals surface area contributed by atoms with Gasteiger partial charge in [-0.2, -0.15) is 0 Å². The van der Waals surface area contributed by atoms with E-state index in [0.717, 1.165) is 22.3 Å². The SMILES string of the molecule is Cc1ccc(C)c([C@@H](NC(=O)c2ccccc2Cl)c2ccccc2)c1. The van der Waals surface area contributed by atoms with Crippen molar-refractivity contribution in [3.8, 4) is 0 Å². The molecule has 2 nitrogen and oxygen atoms in total. The van der Waals surface area contributed by atoms with E-state index < -0.39 is 0 Å². The van der Waals surface area contributed by atoms with E-state index in [1.807, 2.05) is 42.5 Å². The molecule has 0 aromatic heterocycles. The summed E-state index contributed by atoms with van der Waals surface area (Å²) in [7, 11) is 0. The molecule has 25 heavy (non-hydrogen) atoms. The maximum absolute atomic E-state index is 12.8. The summed E-state index contributed by atoms with van der Waals surface area (Å²) >= 11 is 6.19. The summed E-state index contributed by atoms with van der Waals surface area (Å²) in [4.78, 5) is 12.8. The zero-order chi connectivity index (χ0) is 17.8. The molecule has 3 aromatic rings. The van der Waals surface area contributed by atoms with Gasteiger partial charge in [-0.1, -0.05) is 77.8 Å². The van der Waals surface area contributed by atoms with Crippen molar-refractivity contribution >= 4 is 17.5 Å². The molecule has 3 aromatic carbocycles. The molecule has 3 rings (SSSR count). The molecule has 0 fully saturated rings. The lowest BCUT2D eigenvalue weighted by atomic mass is 9.93. The molecule has 0 heterocycles. The molecule has 0 radical (unpaired) electrons. The normalized spacial score (nSPS) is 11.8. The molecule has 0 saturated carbocycles. The van der Waals surface area contributed by atoms with Gasteiger partial charge >= 0.3 is 0 Å². The Hall–Kier alpha value is -2.58. The van der Waals surface area contributed by atoms with Gasteiger partial charge in [-0.25, -0.2) is 0 Å². The largest absolute Gasteiger partial charge is 0.341 e. The van der Waals surface area contributed by atoms with Crippen molar-refractivity contribution < 1.29 is 4.79 Å². The summed E-state index contributed by atoms with van der Waals surface area (Å²) in [5.41, 5.74) is 4.91. The molecular weight excluding hydrogens is 330 g/mol. The highest BCUT2D eigenvalue weighted by atomic mass is 35.5. The van der Waals surface area contributed by atoms with Gasteiger partial charge in [0.15, 0.2) is 0 Å². The lowest BCUT2D eigenvalue weighted by molar-refractivity contribution is 0.0943. The van der Waals surface area contributed by atoms with Crippen LogP contribution in [0.4, 0.5) is 0 Å². The molecule has 126 valence electrons. The topological polar surface area (TPSA) is 29.1 Å². The number of nitrogens with one attached hydrogen (secondary N) is 1. The Bertz CT molecular complexity index is 890. The Morgan fingerprint density at radius 3 is 2.32 bits per heavy atom. The Balaban J connectivity index is 2.02. The van der Waals surface area contributed by atoms with Crippen LogP contribution in [0.15, 0.2) is 72.8 Å². The Labute approximate surface area is 153 Å². The molecular formula is C22H20ClNO. The van der Waals surface area contributed by atoms with Crippen LogP contribution in [0.25, 0.3) is 0 Å². The Morgan fingerprint density at radius 2 is 1.60 bits per heavy atom. The van der Waals surface area contributed by atoms with E-state index in [-0.39, 0.29) is 11.9 Å². The molecule has 0 unspecified atom stereocenters. The highest BCUT2D eigenvalue weighted by molar-refractivity contribution is 6.33. The first kappa shape index (κ1) is 17.2. The molecule has 1 atom stereocenters. The average Bonchev–Trinajstić information content (AvgIpc) is 2.63. The molecule has 3 heteroatoms. The van der Waals surface area contributed by atoms with Gasteiger partial charge < -0.3 is 5.32 Å². The summed E-state index contributed by atoms with van der Waals surface area (Å²) < 4.78 is 0. The van der Waals surface area contributed by atoms with Crippen molar-refractivity contribution in [2.45, 2.75) is 19.9 Å². The summed E-state index contributed by atoms with van der Waals surface area (Å²) in [6.07, 6.45) is 0. The summed E-state index contributed by atoms with van der Waals surface area (Å²) in [6.45, 7) is 4.12. The zero-order valence-electron chi connectivity index (χ0n) is 14.3. The Morgan fingerprint density at radius 1 is 0.920 bits per heavy atom. The van der Waals surface area contributed by atoms with Crippen LogP contribution in [0.1, 0.15) is 38.7 Å². The van der Waals surface area contributed by atoms with Crippen LogP contribution in [0.2, 0.25) is 5.02 Å². The first-order valence-corrected chi connectivity index (χ1v) is 8.61. The summed E-state index contributed by atoms with van der Waals surface area (Å²) in [5.74, 6) is -0.180. The smallest absolute Gasteiger partial charge is 0.253 e. The predicted octanol–water partition coefficient (Wildman–Crippen LogP) is 5.48. The standard InChI is InChI=1S/C22H20ClNO/c1-15-12-13-16(2)19(14-15)21(17-8-4-3-5-9-17)24-22(25)18-10-6-7-11-20(18)23/h3-14,21H,1-2H3,(H,24,25)/t21-/m0/s1. The molecule has 0 aliphatic heterocycles. The van der Waals surface area contributed by atoms with E-state index in [2.05, 4.69) is 37.4 Å². The van der Waals surface area contributed by atoms with Crippen LogP contribution >= 0.6 is 11.6 Å². The monoisotopic (exact) mass is 349 g/mol. The molecule has 0 saturated heterocycles. The maximum Gasteiger partial charge on any atom is 0.253 e. The van der Waals surface area contributed by atoms with E-state index in [1.54, 1.807) is 12.1 Å². The first-order valence-electron chi connectivity index (χ1n) is 8.24. The number of carbonyl (C=O) groups excluding carboxylic acids is 1. The van der Waals surface area contributed by atoms with Crippen molar-refractivity contribution in [2.24, 2.45) is 0 Å². The molecule has 1 N–H and O–H groups in total. The minimum Gasteiger partial charge on any atom is -0.341 e. The highest BCUT2D eigenvalue weighted by Gasteiger charge is 2.20. The van der Waals surface area contributed by atoms with E-state index >= 15 is 0 Å². The number of amides is 1. The third-order valence-electron chi connectivity index (χ3n) is 4.27. The van der Waals surface area contributed by atoms with Gasteiger partial charge in [0.2, 0.25) is 0 Å². The number of carbonyl (C=O) groups is 1. The number of aryl methyl sites for hydroxylation is 2. The lowest BCUT2D eigenvalue weighted by Crippen LogP contribution is -2.30. The second-order valence-electron chi connectivity index (χ2n) is 6.16. The molecule has 0 aliphatic rings. The fourth-order valence-electron chi connectivity index (χ4n) is 2.91. The summed E-state index contributed by atoms with van der Waals surface area (Å²) in [6, 6.07) is 23.1. The van der Waals surface area contributed by atoms with Crippen molar-refractivity contribution in [1.82, 2.24) is 5.32 Å². The minimum atomic E-state index is -0.232. The number of rotatable bonds is 4. The number of benzene rings is 3. The molecule has 0 bridgehead atoms. The van der Waals surface area contributed by atoms with E-state index in [9.17, 15) is 4.79 Å². The average molecular weight is 350 g/mol. The third kappa shape index (κ3) is 3.92. The van der Waals surface area contributed by atoms with Crippen LogP contribution in [-0.2, 0) is 0 Å². The maximum atomic E-state index is 12.8. The number of halogens is 1. The fourth-order valence-corrected chi connectivity index (χ4v) is 3.13. The first-order chi connectivity index (χ1) is 12.1. The van der Waals surface area contributed by atoms with Gasteiger partial charge in [-0.3, -0.25) is 4.79 Å². The van der Waals surface area contributed by atoms with Crippen LogP contribution in [0.5, 0.6) is 0 Å². The van der Waals surface area contributed by atoms with Crippen LogP contribution in [0, 0.1) is 13.8 Å². The number of hydrogen-bond acceptors (Lipinski definition) is 1. The molecule has 1 amide bonds.